The second-order valence-corrected chi connectivity index (χ2v) is 9.50. The van der Waals surface area contributed by atoms with E-state index in [0.717, 1.165) is 5.56 Å². The Bertz CT molecular complexity index is 950. The molecule has 33 heavy (non-hydrogen) atoms. The van der Waals surface area contributed by atoms with Gasteiger partial charge in [0.2, 0.25) is 5.91 Å². The summed E-state index contributed by atoms with van der Waals surface area (Å²) in [5.74, 6) is -0.937. The summed E-state index contributed by atoms with van der Waals surface area (Å²) in [6.07, 6.45) is 4.08. The second-order valence-electron chi connectivity index (χ2n) is 9.50. The summed E-state index contributed by atoms with van der Waals surface area (Å²) >= 11 is 0. The zero-order valence-electron chi connectivity index (χ0n) is 19.4. The first-order valence-corrected chi connectivity index (χ1v) is 11.0. The van der Waals surface area contributed by atoms with Crippen LogP contribution in [0.1, 0.15) is 50.0 Å². The number of hydrogen-bond acceptors (Lipinski definition) is 7. The normalized spacial score (nSPS) is 22.0. The van der Waals surface area contributed by atoms with Gasteiger partial charge in [-0.25, -0.2) is 0 Å². The van der Waals surface area contributed by atoms with Crippen LogP contribution in [0, 0.1) is 5.92 Å². The molecule has 9 heteroatoms. The summed E-state index contributed by atoms with van der Waals surface area (Å²) in [7, 11) is 0. The van der Waals surface area contributed by atoms with Crippen molar-refractivity contribution < 1.29 is 34.1 Å². The number of hydrogen-bond donors (Lipinski definition) is 4. The number of amides is 2. The Kier molecular flexibility index (Phi) is 7.26. The van der Waals surface area contributed by atoms with Crippen LogP contribution in [-0.2, 0) is 14.3 Å². The molecule has 2 unspecified atom stereocenters. The molecule has 0 aliphatic carbocycles. The van der Waals surface area contributed by atoms with Crippen molar-refractivity contribution >= 4 is 23.7 Å². The average molecular weight is 461 g/mol. The highest BCUT2D eigenvalue weighted by molar-refractivity contribution is 6.00. The van der Waals surface area contributed by atoms with Crippen LogP contribution in [0.5, 0.6) is 5.75 Å². The molecule has 1 aromatic carbocycles. The van der Waals surface area contributed by atoms with E-state index in [-0.39, 0.29) is 12.5 Å². The maximum atomic E-state index is 12.8. The summed E-state index contributed by atoms with van der Waals surface area (Å²) in [4.78, 5) is 38.4. The molecule has 0 radical (unpaired) electrons. The summed E-state index contributed by atoms with van der Waals surface area (Å²) in [6.45, 7) is 6.62. The molecule has 3 atom stereocenters. The number of ketones is 1. The highest BCUT2D eigenvalue weighted by Gasteiger charge is 2.54. The fraction of sp³-hybridized carbons (Fsp3) is 0.542. The van der Waals surface area contributed by atoms with Crippen molar-refractivity contribution in [3.63, 3.8) is 0 Å². The first-order valence-electron chi connectivity index (χ1n) is 11.0. The van der Waals surface area contributed by atoms with Crippen molar-refractivity contribution in [2.24, 2.45) is 5.92 Å². The minimum absolute atomic E-state index is 0.0756. The number of nitrogens with one attached hydrogen (secondary N) is 2. The van der Waals surface area contributed by atoms with Crippen LogP contribution < -0.4 is 15.4 Å². The predicted molar refractivity (Wildman–Crippen MR) is 121 cm³/mol. The zero-order valence-corrected chi connectivity index (χ0v) is 19.4. The van der Waals surface area contributed by atoms with Gasteiger partial charge in [-0.15, -0.1) is 0 Å². The van der Waals surface area contributed by atoms with Gasteiger partial charge in [0.15, 0.2) is 11.4 Å². The highest BCUT2D eigenvalue weighted by Crippen LogP contribution is 2.32. The van der Waals surface area contributed by atoms with Crippen molar-refractivity contribution in [1.29, 1.82) is 0 Å². The molecule has 2 aliphatic heterocycles. The molecule has 2 aliphatic rings. The fourth-order valence-corrected chi connectivity index (χ4v) is 3.65. The minimum atomic E-state index is -1.28. The van der Waals surface area contributed by atoms with E-state index in [1.807, 2.05) is 39.8 Å². The summed E-state index contributed by atoms with van der Waals surface area (Å²) in [6, 6.07) is 2.74. The van der Waals surface area contributed by atoms with E-state index in [4.69, 9.17) is 9.47 Å². The van der Waals surface area contributed by atoms with Gasteiger partial charge in [0.25, 0.3) is 5.91 Å². The summed E-state index contributed by atoms with van der Waals surface area (Å²) in [5, 5.41) is 24.3. The molecular weight excluding hydrogens is 428 g/mol. The quantitative estimate of drug-likeness (QED) is 0.379. The zero-order chi connectivity index (χ0) is 24.4. The number of carbonyl (C=O) groups is 3. The lowest BCUT2D eigenvalue weighted by atomic mass is 9.92. The molecule has 1 fully saturated rings. The number of fused-ring (bicyclic) bond motifs is 1. The van der Waals surface area contributed by atoms with Gasteiger partial charge in [-0.3, -0.25) is 14.4 Å². The lowest BCUT2D eigenvalue weighted by Crippen LogP contribution is -2.55. The van der Waals surface area contributed by atoms with E-state index in [9.17, 15) is 24.6 Å². The number of benzene rings is 1. The van der Waals surface area contributed by atoms with Gasteiger partial charge >= 0.3 is 0 Å². The van der Waals surface area contributed by atoms with Crippen LogP contribution >= 0.6 is 0 Å². The monoisotopic (exact) mass is 460 g/mol. The fourth-order valence-electron chi connectivity index (χ4n) is 3.65. The summed E-state index contributed by atoms with van der Waals surface area (Å²) in [5.41, 5.74) is -0.694. The van der Waals surface area contributed by atoms with Gasteiger partial charge in [-0.05, 0) is 50.5 Å². The topological polar surface area (TPSA) is 137 Å². The van der Waals surface area contributed by atoms with Crippen molar-refractivity contribution in [3.8, 4) is 5.75 Å². The maximum absolute atomic E-state index is 12.8. The third-order valence-corrected chi connectivity index (χ3v) is 5.65. The number of aliphatic hydroxyl groups is 2. The average Bonchev–Trinajstić information content (AvgIpc) is 3.56. The Morgan fingerprint density at radius 1 is 1.12 bits per heavy atom. The lowest BCUT2D eigenvalue weighted by Gasteiger charge is -2.28. The first kappa shape index (κ1) is 24.9. The molecule has 0 bridgehead atoms. The van der Waals surface area contributed by atoms with Gasteiger partial charge in [0.05, 0.1) is 25.9 Å². The Morgan fingerprint density at radius 2 is 1.82 bits per heavy atom. The molecule has 9 nitrogen and oxygen atoms in total. The highest BCUT2D eigenvalue weighted by atomic mass is 16.6. The second kappa shape index (κ2) is 9.62. The van der Waals surface area contributed by atoms with Crippen LogP contribution in [0.2, 0.25) is 0 Å². The van der Waals surface area contributed by atoms with Crippen molar-refractivity contribution in [1.82, 2.24) is 10.6 Å². The molecule has 3 rings (SSSR count). The molecule has 0 aromatic heterocycles. The molecule has 4 N–H and O–H groups in total. The third-order valence-electron chi connectivity index (χ3n) is 5.65. The lowest BCUT2D eigenvalue weighted by molar-refractivity contribution is -0.133. The number of carbonyl (C=O) groups excluding carboxylic acids is 3. The van der Waals surface area contributed by atoms with Gasteiger partial charge in [-0.2, -0.15) is 0 Å². The van der Waals surface area contributed by atoms with Crippen LogP contribution in [0.4, 0.5) is 0 Å². The smallest absolute Gasteiger partial charge is 0.252 e. The van der Waals surface area contributed by atoms with Gasteiger partial charge < -0.3 is 30.3 Å². The number of Topliss-reactive ketones (excluding diaryl/α,β-unsaturated/α-hetero) is 1. The first-order chi connectivity index (χ1) is 15.5. The van der Waals surface area contributed by atoms with E-state index in [1.54, 1.807) is 18.2 Å². The van der Waals surface area contributed by atoms with E-state index >= 15 is 0 Å². The molecular formula is C24H32N2O7. The maximum Gasteiger partial charge on any atom is 0.252 e. The van der Waals surface area contributed by atoms with Crippen LogP contribution in [0.3, 0.4) is 0 Å². The van der Waals surface area contributed by atoms with Crippen LogP contribution in [0.25, 0.3) is 6.08 Å². The summed E-state index contributed by atoms with van der Waals surface area (Å²) < 4.78 is 11.0. The largest absolute Gasteiger partial charge is 0.483 e. The standard InChI is InChI=1S/C24H32N2O7/c1-14(2)9-17(20(29)24(12-28)13-32-24)25-22(31)18(11-27)26-21(30)16-5-6-19-15(10-16)7-8-23(3,4)33-19/h5-8,10,14,17-18,27-28H,9,11-13H2,1-4H3,(H,25,31)(H,26,30)/t17?,18-,24?/m0/s1. The number of rotatable bonds is 10. The molecule has 0 spiro atoms. The molecule has 2 heterocycles. The number of aliphatic hydroxyl groups excluding tert-OH is 2. The molecule has 1 aromatic rings. The SMILES string of the molecule is CC(C)CC(NC(=O)[C@H](CO)NC(=O)c1ccc2c(c1)C=CC(C)(C)O2)C(=O)C1(CO)CO1. The predicted octanol–water partition coefficient (Wildman–Crippen LogP) is 0.823. The van der Waals surface area contributed by atoms with Crippen molar-refractivity contribution in [2.45, 2.75) is 57.4 Å². The third kappa shape index (κ3) is 5.79. The van der Waals surface area contributed by atoms with E-state index < -0.39 is 54.1 Å². The van der Waals surface area contributed by atoms with Gasteiger partial charge in [0.1, 0.15) is 17.4 Å². The van der Waals surface area contributed by atoms with E-state index in [2.05, 4.69) is 10.6 Å². The molecule has 180 valence electrons. The Morgan fingerprint density at radius 3 is 2.39 bits per heavy atom. The Hall–Kier alpha value is -2.75. The van der Waals surface area contributed by atoms with Crippen molar-refractivity contribution in [2.75, 3.05) is 19.8 Å². The Labute approximate surface area is 193 Å². The minimum Gasteiger partial charge on any atom is -0.483 e. The van der Waals surface area contributed by atoms with Crippen molar-refractivity contribution in [3.05, 3.63) is 35.4 Å². The molecule has 1 saturated heterocycles. The Balaban J connectivity index is 1.68. The van der Waals surface area contributed by atoms with E-state index in [1.165, 1.54) is 0 Å². The molecule has 2 amide bonds. The van der Waals surface area contributed by atoms with Gasteiger partial charge in [0, 0.05) is 11.1 Å². The number of ether oxygens (including phenoxy) is 2. The number of epoxide rings is 1. The van der Waals surface area contributed by atoms with E-state index in [0.29, 0.717) is 17.7 Å². The van der Waals surface area contributed by atoms with Crippen LogP contribution in [0.15, 0.2) is 24.3 Å². The molecule has 0 saturated carbocycles. The van der Waals surface area contributed by atoms with Gasteiger partial charge in [-0.1, -0.05) is 19.9 Å². The van der Waals surface area contributed by atoms with Crippen LogP contribution in [-0.4, -0.2) is 70.9 Å².